The number of halogens is 1. The standard InChI is InChI=1S/C11H12ClN3S/c1-6(2)11-14-7(5-10(13)15-11)8-3-4-9(12)16-8/h3-6H,1-2H3,(H2,13,14,15). The molecule has 0 aliphatic rings. The van der Waals surface area contributed by atoms with E-state index in [1.54, 1.807) is 6.07 Å². The number of hydrogen-bond donors (Lipinski definition) is 1. The second kappa shape index (κ2) is 4.39. The average Bonchev–Trinajstić information content (AvgIpc) is 2.64. The molecule has 2 rings (SSSR count). The summed E-state index contributed by atoms with van der Waals surface area (Å²) in [5, 5.41) is 0. The quantitative estimate of drug-likeness (QED) is 0.890. The van der Waals surface area contributed by atoms with Gasteiger partial charge in [0.2, 0.25) is 0 Å². The lowest BCUT2D eigenvalue weighted by Gasteiger charge is -2.06. The topological polar surface area (TPSA) is 51.8 Å². The van der Waals surface area contributed by atoms with E-state index in [2.05, 4.69) is 9.97 Å². The Morgan fingerprint density at radius 1 is 1.31 bits per heavy atom. The summed E-state index contributed by atoms with van der Waals surface area (Å²) < 4.78 is 0.748. The molecule has 3 nitrogen and oxygen atoms in total. The molecule has 2 aromatic rings. The molecule has 16 heavy (non-hydrogen) atoms. The Labute approximate surface area is 103 Å². The van der Waals surface area contributed by atoms with E-state index in [4.69, 9.17) is 17.3 Å². The third kappa shape index (κ3) is 2.33. The van der Waals surface area contributed by atoms with Crippen molar-refractivity contribution in [1.29, 1.82) is 0 Å². The van der Waals surface area contributed by atoms with E-state index in [-0.39, 0.29) is 5.92 Å². The van der Waals surface area contributed by atoms with E-state index in [1.165, 1.54) is 11.3 Å². The highest BCUT2D eigenvalue weighted by atomic mass is 35.5. The van der Waals surface area contributed by atoms with Crippen molar-refractivity contribution in [1.82, 2.24) is 9.97 Å². The van der Waals surface area contributed by atoms with Crippen molar-refractivity contribution in [2.24, 2.45) is 0 Å². The van der Waals surface area contributed by atoms with Gasteiger partial charge in [-0.1, -0.05) is 25.4 Å². The van der Waals surface area contributed by atoms with Crippen LogP contribution < -0.4 is 5.73 Å². The molecule has 2 heterocycles. The minimum Gasteiger partial charge on any atom is -0.384 e. The van der Waals surface area contributed by atoms with Gasteiger partial charge in [-0.25, -0.2) is 9.97 Å². The summed E-state index contributed by atoms with van der Waals surface area (Å²) in [6.07, 6.45) is 0. The Balaban J connectivity index is 2.49. The van der Waals surface area contributed by atoms with Crippen LogP contribution in [-0.2, 0) is 0 Å². The molecule has 0 fully saturated rings. The third-order valence-electron chi connectivity index (χ3n) is 2.11. The van der Waals surface area contributed by atoms with Gasteiger partial charge in [0.1, 0.15) is 11.6 Å². The van der Waals surface area contributed by atoms with Gasteiger partial charge in [0.05, 0.1) is 14.9 Å². The van der Waals surface area contributed by atoms with E-state index >= 15 is 0 Å². The zero-order valence-corrected chi connectivity index (χ0v) is 10.6. The number of nitrogens with two attached hydrogens (primary N) is 1. The first-order chi connectivity index (χ1) is 7.56. The van der Waals surface area contributed by atoms with Crippen LogP contribution in [0.2, 0.25) is 4.34 Å². The van der Waals surface area contributed by atoms with Crippen LogP contribution in [0.5, 0.6) is 0 Å². The van der Waals surface area contributed by atoms with Crippen molar-refractivity contribution in [3.8, 4) is 10.6 Å². The third-order valence-corrected chi connectivity index (χ3v) is 3.36. The van der Waals surface area contributed by atoms with Gasteiger partial charge in [-0.2, -0.15) is 0 Å². The molecule has 0 unspecified atom stereocenters. The summed E-state index contributed by atoms with van der Waals surface area (Å²) in [6.45, 7) is 4.08. The van der Waals surface area contributed by atoms with Crippen molar-refractivity contribution >= 4 is 28.8 Å². The maximum Gasteiger partial charge on any atom is 0.133 e. The van der Waals surface area contributed by atoms with E-state index in [1.807, 2.05) is 26.0 Å². The predicted octanol–water partition coefficient (Wildman–Crippen LogP) is 3.56. The molecule has 0 radical (unpaired) electrons. The van der Waals surface area contributed by atoms with Crippen LogP contribution in [0, 0.1) is 0 Å². The number of rotatable bonds is 2. The smallest absolute Gasteiger partial charge is 0.133 e. The number of nitrogens with zero attached hydrogens (tertiary/aromatic N) is 2. The Kier molecular flexibility index (Phi) is 3.12. The van der Waals surface area contributed by atoms with Crippen LogP contribution >= 0.6 is 22.9 Å². The van der Waals surface area contributed by atoms with Crippen LogP contribution in [0.1, 0.15) is 25.6 Å². The fourth-order valence-electron chi connectivity index (χ4n) is 1.32. The molecular weight excluding hydrogens is 242 g/mol. The highest BCUT2D eigenvalue weighted by Crippen LogP contribution is 2.30. The van der Waals surface area contributed by atoms with E-state index in [0.717, 1.165) is 20.7 Å². The fraction of sp³-hybridized carbons (Fsp3) is 0.273. The average molecular weight is 254 g/mol. The lowest BCUT2D eigenvalue weighted by molar-refractivity contribution is 0.779. The largest absolute Gasteiger partial charge is 0.384 e. The van der Waals surface area contributed by atoms with E-state index in [9.17, 15) is 0 Å². The zero-order chi connectivity index (χ0) is 11.7. The number of aromatic nitrogens is 2. The number of hydrogen-bond acceptors (Lipinski definition) is 4. The van der Waals surface area contributed by atoms with Crippen LogP contribution in [0.25, 0.3) is 10.6 Å². The molecule has 0 aliphatic heterocycles. The molecule has 0 saturated heterocycles. The highest BCUT2D eigenvalue weighted by molar-refractivity contribution is 7.19. The lowest BCUT2D eigenvalue weighted by Crippen LogP contribution is -2.02. The summed E-state index contributed by atoms with van der Waals surface area (Å²) in [7, 11) is 0. The number of thiophene rings is 1. The van der Waals surface area contributed by atoms with Crippen LogP contribution in [0.15, 0.2) is 18.2 Å². The van der Waals surface area contributed by atoms with Crippen molar-refractivity contribution in [2.75, 3.05) is 5.73 Å². The zero-order valence-electron chi connectivity index (χ0n) is 9.07. The Morgan fingerprint density at radius 2 is 2.06 bits per heavy atom. The first-order valence-corrected chi connectivity index (χ1v) is 6.16. The van der Waals surface area contributed by atoms with E-state index in [0.29, 0.717) is 5.82 Å². The monoisotopic (exact) mass is 253 g/mol. The SMILES string of the molecule is CC(C)c1nc(N)cc(-c2ccc(Cl)s2)n1. The van der Waals surface area contributed by atoms with Gasteiger partial charge < -0.3 is 5.73 Å². The first kappa shape index (κ1) is 11.4. The second-order valence-corrected chi connectivity index (χ2v) is 5.51. The highest BCUT2D eigenvalue weighted by Gasteiger charge is 2.09. The first-order valence-electron chi connectivity index (χ1n) is 4.96. The molecule has 0 atom stereocenters. The van der Waals surface area contributed by atoms with Crippen molar-refractivity contribution in [2.45, 2.75) is 19.8 Å². The van der Waals surface area contributed by atoms with Gasteiger partial charge in [0.25, 0.3) is 0 Å². The summed E-state index contributed by atoms with van der Waals surface area (Å²) in [5.74, 6) is 1.52. The Bertz CT molecular complexity index is 508. The van der Waals surface area contributed by atoms with Gasteiger partial charge in [-0.3, -0.25) is 0 Å². The fourth-order valence-corrected chi connectivity index (χ4v) is 2.33. The molecule has 0 bridgehead atoms. The van der Waals surface area contributed by atoms with Gasteiger partial charge in [0.15, 0.2) is 0 Å². The summed E-state index contributed by atoms with van der Waals surface area (Å²) in [5.41, 5.74) is 6.60. The summed E-state index contributed by atoms with van der Waals surface area (Å²) in [4.78, 5) is 9.70. The summed E-state index contributed by atoms with van der Waals surface area (Å²) >= 11 is 7.39. The molecule has 0 aliphatic carbocycles. The Morgan fingerprint density at radius 3 is 2.62 bits per heavy atom. The van der Waals surface area contributed by atoms with E-state index < -0.39 is 0 Å². The maximum absolute atomic E-state index is 5.90. The molecule has 0 spiro atoms. The second-order valence-electron chi connectivity index (χ2n) is 3.79. The molecule has 0 saturated carbocycles. The van der Waals surface area contributed by atoms with Crippen LogP contribution in [0.3, 0.4) is 0 Å². The minimum absolute atomic E-state index is 0.262. The van der Waals surface area contributed by atoms with Gasteiger partial charge >= 0.3 is 0 Å². The number of nitrogen functional groups attached to an aromatic ring is 1. The van der Waals surface area contributed by atoms with Crippen molar-refractivity contribution in [3.63, 3.8) is 0 Å². The molecule has 2 aromatic heterocycles. The molecular formula is C11H12ClN3S. The van der Waals surface area contributed by atoms with Crippen molar-refractivity contribution < 1.29 is 0 Å². The molecule has 0 aromatic carbocycles. The van der Waals surface area contributed by atoms with Crippen LogP contribution in [-0.4, -0.2) is 9.97 Å². The van der Waals surface area contributed by atoms with Crippen LogP contribution in [0.4, 0.5) is 5.82 Å². The summed E-state index contributed by atoms with van der Waals surface area (Å²) in [6, 6.07) is 5.57. The number of anilines is 1. The Hall–Kier alpha value is -1.13. The molecule has 84 valence electrons. The van der Waals surface area contributed by atoms with Crippen molar-refractivity contribution in [3.05, 3.63) is 28.4 Å². The molecule has 2 N–H and O–H groups in total. The normalized spacial score (nSPS) is 11.0. The minimum atomic E-state index is 0.262. The lowest BCUT2D eigenvalue weighted by atomic mass is 10.2. The molecule has 0 amide bonds. The molecule has 5 heteroatoms. The predicted molar refractivity (Wildman–Crippen MR) is 68.9 cm³/mol. The van der Waals surface area contributed by atoms with Gasteiger partial charge in [-0.05, 0) is 12.1 Å². The maximum atomic E-state index is 5.90. The van der Waals surface area contributed by atoms with Gasteiger partial charge in [0, 0.05) is 12.0 Å². The van der Waals surface area contributed by atoms with Gasteiger partial charge in [-0.15, -0.1) is 11.3 Å².